The summed E-state index contributed by atoms with van der Waals surface area (Å²) in [6, 6.07) is 2.48. The molecule has 0 bridgehead atoms. The van der Waals surface area contributed by atoms with Crippen molar-refractivity contribution in [3.05, 3.63) is 23.0 Å². The summed E-state index contributed by atoms with van der Waals surface area (Å²) in [5.41, 5.74) is 2.92. The number of nitrogens with zero attached hydrogens (tertiary/aromatic N) is 1. The van der Waals surface area contributed by atoms with Crippen LogP contribution in [0.3, 0.4) is 0 Å². The second-order valence-electron chi connectivity index (χ2n) is 7.55. The lowest BCUT2D eigenvalue weighted by molar-refractivity contribution is 0.105. The van der Waals surface area contributed by atoms with Gasteiger partial charge in [-0.3, -0.25) is 0 Å². The zero-order valence-electron chi connectivity index (χ0n) is 12.7. The van der Waals surface area contributed by atoms with Crippen LogP contribution in [0.1, 0.15) is 52.5 Å². The number of aryl methyl sites for hydroxylation is 1. The van der Waals surface area contributed by atoms with Crippen molar-refractivity contribution in [1.29, 1.82) is 0 Å². The zero-order chi connectivity index (χ0) is 14.3. The first kappa shape index (κ1) is 14.6. The van der Waals surface area contributed by atoms with Gasteiger partial charge in [-0.15, -0.1) is 0 Å². The van der Waals surface area contributed by atoms with Crippen LogP contribution in [-0.4, -0.2) is 11.0 Å². The lowest BCUT2D eigenvalue weighted by atomic mass is 9.63. The molecule has 0 radical (unpaired) electrons. The second-order valence-corrected chi connectivity index (χ2v) is 7.91. The number of pyridine rings is 1. The summed E-state index contributed by atoms with van der Waals surface area (Å²) >= 11 is 6.22. The molecule has 1 N–H and O–H groups in total. The van der Waals surface area contributed by atoms with Gasteiger partial charge >= 0.3 is 0 Å². The molecular weight excluding hydrogens is 256 g/mol. The first-order valence-electron chi connectivity index (χ1n) is 7.06. The lowest BCUT2D eigenvalue weighted by Gasteiger charge is -2.45. The molecule has 3 heteroatoms. The normalized spacial score (nSPS) is 22.2. The number of anilines is 1. The van der Waals surface area contributed by atoms with Crippen LogP contribution in [-0.2, 0) is 0 Å². The van der Waals surface area contributed by atoms with Gasteiger partial charge in [-0.05, 0) is 48.6 Å². The fourth-order valence-corrected chi connectivity index (χ4v) is 4.11. The van der Waals surface area contributed by atoms with Crippen molar-refractivity contribution in [2.45, 2.75) is 59.9 Å². The molecule has 0 saturated heterocycles. The van der Waals surface area contributed by atoms with E-state index >= 15 is 0 Å². The van der Waals surface area contributed by atoms with E-state index in [1.165, 1.54) is 24.8 Å². The molecule has 0 aromatic carbocycles. The highest BCUT2D eigenvalue weighted by atomic mass is 35.5. The molecule has 0 unspecified atom stereocenters. The molecule has 1 aliphatic carbocycles. The van der Waals surface area contributed by atoms with Gasteiger partial charge in [-0.1, -0.05) is 39.3 Å². The Morgan fingerprint density at radius 2 is 1.79 bits per heavy atom. The summed E-state index contributed by atoms with van der Waals surface area (Å²) in [5, 5.41) is 4.22. The van der Waals surface area contributed by atoms with Gasteiger partial charge in [0.2, 0.25) is 0 Å². The van der Waals surface area contributed by atoms with E-state index in [0.717, 1.165) is 5.69 Å². The summed E-state index contributed by atoms with van der Waals surface area (Å²) in [5.74, 6) is 0. The summed E-state index contributed by atoms with van der Waals surface area (Å²) in [7, 11) is 0. The Bertz CT molecular complexity index is 430. The number of halogens is 1. The molecule has 1 saturated carbocycles. The van der Waals surface area contributed by atoms with E-state index in [-0.39, 0.29) is 0 Å². The third kappa shape index (κ3) is 3.62. The van der Waals surface area contributed by atoms with Crippen molar-refractivity contribution in [3.8, 4) is 0 Å². The highest BCUT2D eigenvalue weighted by Crippen LogP contribution is 2.46. The van der Waals surface area contributed by atoms with E-state index in [1.54, 1.807) is 6.20 Å². The van der Waals surface area contributed by atoms with Crippen molar-refractivity contribution in [2.24, 2.45) is 10.8 Å². The first-order chi connectivity index (χ1) is 8.69. The number of aromatic nitrogens is 1. The smallest absolute Gasteiger partial charge is 0.152 e. The predicted molar refractivity (Wildman–Crippen MR) is 82.8 cm³/mol. The summed E-state index contributed by atoms with van der Waals surface area (Å²) < 4.78 is 0. The van der Waals surface area contributed by atoms with Gasteiger partial charge in [-0.2, -0.15) is 0 Å². The van der Waals surface area contributed by atoms with Crippen molar-refractivity contribution in [2.75, 3.05) is 5.32 Å². The molecule has 106 valence electrons. The molecule has 1 aliphatic rings. The van der Waals surface area contributed by atoms with E-state index in [2.05, 4.69) is 44.9 Å². The zero-order valence-corrected chi connectivity index (χ0v) is 13.4. The molecule has 0 spiro atoms. The fraction of sp³-hybridized carbons (Fsp3) is 0.688. The average molecular weight is 281 g/mol. The molecule has 1 heterocycles. The largest absolute Gasteiger partial charge is 0.380 e. The molecule has 2 rings (SSSR count). The quantitative estimate of drug-likeness (QED) is 0.766. The maximum absolute atomic E-state index is 6.22. The Labute approximate surface area is 122 Å². The van der Waals surface area contributed by atoms with Crippen LogP contribution in [0.5, 0.6) is 0 Å². The molecule has 0 amide bonds. The van der Waals surface area contributed by atoms with Gasteiger partial charge in [0.1, 0.15) is 0 Å². The van der Waals surface area contributed by atoms with Gasteiger partial charge in [0.25, 0.3) is 0 Å². The molecule has 19 heavy (non-hydrogen) atoms. The van der Waals surface area contributed by atoms with E-state index in [0.29, 0.717) is 22.0 Å². The maximum atomic E-state index is 6.22. The molecule has 1 aromatic rings. The number of nitrogens with one attached hydrogen (secondary N) is 1. The van der Waals surface area contributed by atoms with E-state index in [9.17, 15) is 0 Å². The lowest BCUT2D eigenvalue weighted by Crippen LogP contribution is -2.40. The Balaban J connectivity index is 2.19. The Morgan fingerprint density at radius 1 is 1.21 bits per heavy atom. The van der Waals surface area contributed by atoms with Gasteiger partial charge in [-0.25, -0.2) is 4.98 Å². The predicted octanol–water partition coefficient (Wildman–Crippen LogP) is 5.06. The van der Waals surface area contributed by atoms with Crippen LogP contribution in [0.2, 0.25) is 5.15 Å². The van der Waals surface area contributed by atoms with Crippen LogP contribution in [0, 0.1) is 17.8 Å². The SMILES string of the molecule is Cc1ccnc(Cl)c1NC1CC(C)(C)CC(C)(C)C1. The highest BCUT2D eigenvalue weighted by molar-refractivity contribution is 6.32. The van der Waals surface area contributed by atoms with Crippen molar-refractivity contribution in [3.63, 3.8) is 0 Å². The minimum Gasteiger partial charge on any atom is -0.380 e. The van der Waals surface area contributed by atoms with Crippen molar-refractivity contribution >= 4 is 17.3 Å². The molecule has 1 fully saturated rings. The van der Waals surface area contributed by atoms with E-state index in [4.69, 9.17) is 11.6 Å². The summed E-state index contributed by atoms with van der Waals surface area (Å²) in [6.07, 6.45) is 5.40. The topological polar surface area (TPSA) is 24.9 Å². The molecule has 2 nitrogen and oxygen atoms in total. The third-order valence-electron chi connectivity index (χ3n) is 4.02. The van der Waals surface area contributed by atoms with Gasteiger partial charge in [0.05, 0.1) is 5.69 Å². The van der Waals surface area contributed by atoms with Gasteiger partial charge in [0.15, 0.2) is 5.15 Å². The van der Waals surface area contributed by atoms with E-state index in [1.807, 2.05) is 6.07 Å². The number of hydrogen-bond donors (Lipinski definition) is 1. The Hall–Kier alpha value is -0.760. The summed E-state index contributed by atoms with van der Waals surface area (Å²) in [6.45, 7) is 11.5. The van der Waals surface area contributed by atoms with Crippen LogP contribution >= 0.6 is 11.6 Å². The fourth-order valence-electron chi connectivity index (χ4n) is 3.85. The molecular formula is C16H25ClN2. The first-order valence-corrected chi connectivity index (χ1v) is 7.44. The van der Waals surface area contributed by atoms with Crippen molar-refractivity contribution < 1.29 is 0 Å². The minimum atomic E-state index is 0.377. The third-order valence-corrected chi connectivity index (χ3v) is 4.30. The van der Waals surface area contributed by atoms with Gasteiger partial charge in [0, 0.05) is 12.2 Å². The van der Waals surface area contributed by atoms with Crippen LogP contribution in [0.25, 0.3) is 0 Å². The monoisotopic (exact) mass is 280 g/mol. The minimum absolute atomic E-state index is 0.377. The van der Waals surface area contributed by atoms with Gasteiger partial charge < -0.3 is 5.32 Å². The summed E-state index contributed by atoms with van der Waals surface area (Å²) in [4.78, 5) is 4.18. The van der Waals surface area contributed by atoms with E-state index < -0.39 is 0 Å². The Morgan fingerprint density at radius 3 is 2.32 bits per heavy atom. The molecule has 0 atom stereocenters. The number of rotatable bonds is 2. The van der Waals surface area contributed by atoms with Crippen LogP contribution < -0.4 is 5.32 Å². The number of hydrogen-bond acceptors (Lipinski definition) is 2. The Kier molecular flexibility index (Phi) is 3.83. The standard InChI is InChI=1S/C16H25ClN2/c1-11-6-7-18-14(17)13(11)19-12-8-15(2,3)10-16(4,5)9-12/h6-7,12,19H,8-10H2,1-5H3. The molecule has 0 aliphatic heterocycles. The average Bonchev–Trinajstić information content (AvgIpc) is 2.19. The molecule has 1 aromatic heterocycles. The van der Waals surface area contributed by atoms with Crippen LogP contribution in [0.15, 0.2) is 12.3 Å². The maximum Gasteiger partial charge on any atom is 0.152 e. The van der Waals surface area contributed by atoms with Crippen LogP contribution in [0.4, 0.5) is 5.69 Å². The van der Waals surface area contributed by atoms with Crippen molar-refractivity contribution in [1.82, 2.24) is 4.98 Å². The highest BCUT2D eigenvalue weighted by Gasteiger charge is 2.38. The second kappa shape index (κ2) is 4.97.